The summed E-state index contributed by atoms with van der Waals surface area (Å²) in [5.41, 5.74) is 8.47. The number of aromatic nitrogens is 2. The van der Waals surface area contributed by atoms with E-state index in [-0.39, 0.29) is 0 Å². The van der Waals surface area contributed by atoms with Crippen molar-refractivity contribution >= 4 is 32.3 Å². The molecule has 0 N–H and O–H groups in total. The van der Waals surface area contributed by atoms with Crippen LogP contribution in [0.2, 0.25) is 0 Å². The highest BCUT2D eigenvalue weighted by Gasteiger charge is 2.12. The summed E-state index contributed by atoms with van der Waals surface area (Å²) in [6.45, 7) is 0. The normalized spacial score (nSPS) is 11.5. The van der Waals surface area contributed by atoms with E-state index in [1.54, 1.807) is 12.5 Å². The van der Waals surface area contributed by atoms with E-state index in [9.17, 15) is 0 Å². The number of benzene rings is 6. The van der Waals surface area contributed by atoms with Crippen LogP contribution in [0, 0.1) is 0 Å². The van der Waals surface area contributed by atoms with Gasteiger partial charge in [0.25, 0.3) is 0 Å². The quantitative estimate of drug-likeness (QED) is 0.219. The Morgan fingerprint density at radius 3 is 1.12 bits per heavy atom. The van der Waals surface area contributed by atoms with E-state index in [4.69, 9.17) is 8.83 Å². The fraction of sp³-hybridized carbons (Fsp3) is 0. The predicted molar refractivity (Wildman–Crippen MR) is 161 cm³/mol. The van der Waals surface area contributed by atoms with Crippen molar-refractivity contribution < 1.29 is 8.83 Å². The van der Waals surface area contributed by atoms with E-state index >= 15 is 0 Å². The molecule has 0 saturated heterocycles. The Balaban J connectivity index is 1.25. The third-order valence-electron chi connectivity index (χ3n) is 7.73. The maximum Gasteiger partial charge on any atom is 0.181 e. The minimum Gasteiger partial charge on any atom is -0.451 e. The molecule has 2 heterocycles. The van der Waals surface area contributed by atoms with Crippen molar-refractivity contribution in [2.45, 2.75) is 0 Å². The van der Waals surface area contributed by atoms with E-state index in [0.717, 1.165) is 22.5 Å². The van der Waals surface area contributed by atoms with E-state index in [1.165, 1.54) is 67.4 Å². The largest absolute Gasteiger partial charge is 0.451 e. The first-order valence-electron chi connectivity index (χ1n) is 13.2. The third-order valence-corrected chi connectivity index (χ3v) is 7.73. The van der Waals surface area contributed by atoms with E-state index in [1.807, 2.05) is 0 Å². The second-order valence-corrected chi connectivity index (χ2v) is 9.97. The maximum absolute atomic E-state index is 5.14. The molecule has 0 aliphatic heterocycles. The molecular weight excluding hydrogens is 492 g/mol. The number of hydrogen-bond acceptors (Lipinski definition) is 4. The molecule has 0 fully saturated rings. The minimum absolute atomic E-state index is 0.841. The first-order valence-corrected chi connectivity index (χ1v) is 13.2. The summed E-state index contributed by atoms with van der Waals surface area (Å²) in [6, 6.07) is 39.3. The Morgan fingerprint density at radius 2 is 0.725 bits per heavy atom. The average molecular weight is 515 g/mol. The van der Waals surface area contributed by atoms with Crippen LogP contribution in [0.4, 0.5) is 0 Å². The van der Waals surface area contributed by atoms with Gasteiger partial charge in [-0.2, -0.15) is 0 Å². The molecule has 8 aromatic rings. The molecule has 0 radical (unpaired) electrons. The molecule has 0 bridgehead atoms. The van der Waals surface area contributed by atoms with Gasteiger partial charge in [-0.1, -0.05) is 97.1 Å². The van der Waals surface area contributed by atoms with Gasteiger partial charge in [0.15, 0.2) is 12.8 Å². The summed E-state index contributed by atoms with van der Waals surface area (Å²) in [5, 5.41) is 7.53. The van der Waals surface area contributed by atoms with Crippen molar-refractivity contribution in [3.05, 3.63) is 135 Å². The third kappa shape index (κ3) is 3.69. The van der Waals surface area contributed by atoms with Crippen LogP contribution >= 0.6 is 0 Å². The van der Waals surface area contributed by atoms with Crippen molar-refractivity contribution in [1.82, 2.24) is 9.97 Å². The average Bonchev–Trinajstić information content (AvgIpc) is 3.77. The molecule has 0 saturated carbocycles. The number of fused-ring (bicyclic) bond motifs is 6. The summed E-state index contributed by atoms with van der Waals surface area (Å²) < 4.78 is 10.3. The molecule has 0 aliphatic rings. The van der Waals surface area contributed by atoms with Gasteiger partial charge in [0.2, 0.25) is 0 Å². The summed E-state index contributed by atoms with van der Waals surface area (Å²) in [4.78, 5) is 8.52. The molecule has 0 spiro atoms. The molecular formula is C36H22N2O2. The molecule has 0 amide bonds. The van der Waals surface area contributed by atoms with Crippen LogP contribution in [0.3, 0.4) is 0 Å². The van der Waals surface area contributed by atoms with Crippen molar-refractivity contribution in [3.63, 3.8) is 0 Å². The smallest absolute Gasteiger partial charge is 0.181 e. The second kappa shape index (κ2) is 9.07. The summed E-state index contributed by atoms with van der Waals surface area (Å²) in [6.07, 6.45) is 6.26. The van der Waals surface area contributed by atoms with Gasteiger partial charge in [0.1, 0.15) is 23.9 Å². The Bertz CT molecular complexity index is 1950. The van der Waals surface area contributed by atoms with Gasteiger partial charge in [-0.3, -0.25) is 0 Å². The Labute approximate surface area is 230 Å². The standard InChI is InChI=1S/C36H22N2O2/c1-2-4-30-29(3-1)33-17-27(23-5-9-25(10-6-23)35-19-39-21-37-35)13-15-31(33)32-16-14-28(18-34(30)32)24-7-11-26(12-8-24)36-20-40-22-38-36/h1-22H. The van der Waals surface area contributed by atoms with Gasteiger partial charge < -0.3 is 8.83 Å². The molecule has 0 atom stereocenters. The first-order chi connectivity index (χ1) is 19.8. The Hall–Kier alpha value is -5.48. The SMILES string of the molecule is c1ccc2c(c1)c1cc(-c3ccc(-c4cocn4)cc3)ccc1c1ccc(-c3ccc(-c4cocn4)cc3)cc21. The number of rotatable bonds is 4. The molecule has 6 aromatic carbocycles. The maximum atomic E-state index is 5.14. The first kappa shape index (κ1) is 22.5. The molecule has 40 heavy (non-hydrogen) atoms. The molecule has 4 nitrogen and oxygen atoms in total. The van der Waals surface area contributed by atoms with E-state index in [2.05, 4.69) is 119 Å². The topological polar surface area (TPSA) is 52.1 Å². The zero-order valence-corrected chi connectivity index (χ0v) is 21.4. The molecule has 188 valence electrons. The Kier molecular flexibility index (Phi) is 5.10. The van der Waals surface area contributed by atoms with Gasteiger partial charge in [0, 0.05) is 11.1 Å². The highest BCUT2D eigenvalue weighted by atomic mass is 16.3. The zero-order valence-electron chi connectivity index (χ0n) is 21.4. The second-order valence-electron chi connectivity index (χ2n) is 9.97. The fourth-order valence-electron chi connectivity index (χ4n) is 5.69. The van der Waals surface area contributed by atoms with Crippen LogP contribution in [0.5, 0.6) is 0 Å². The number of hydrogen-bond donors (Lipinski definition) is 0. The fourth-order valence-corrected chi connectivity index (χ4v) is 5.69. The highest BCUT2D eigenvalue weighted by molar-refractivity contribution is 6.26. The predicted octanol–water partition coefficient (Wildman–Crippen LogP) is 9.79. The molecule has 2 aromatic heterocycles. The van der Waals surface area contributed by atoms with Crippen molar-refractivity contribution in [3.8, 4) is 44.8 Å². The molecule has 4 heteroatoms. The molecule has 0 unspecified atom stereocenters. The van der Waals surface area contributed by atoms with Gasteiger partial charge in [-0.25, -0.2) is 9.97 Å². The lowest BCUT2D eigenvalue weighted by Gasteiger charge is -2.14. The van der Waals surface area contributed by atoms with E-state index in [0.29, 0.717) is 0 Å². The van der Waals surface area contributed by atoms with Crippen LogP contribution in [-0.2, 0) is 0 Å². The van der Waals surface area contributed by atoms with Crippen LogP contribution in [-0.4, -0.2) is 9.97 Å². The van der Waals surface area contributed by atoms with Crippen LogP contribution in [0.1, 0.15) is 0 Å². The van der Waals surface area contributed by atoms with Crippen molar-refractivity contribution in [2.75, 3.05) is 0 Å². The van der Waals surface area contributed by atoms with Crippen LogP contribution < -0.4 is 0 Å². The zero-order chi connectivity index (χ0) is 26.5. The van der Waals surface area contributed by atoms with E-state index < -0.39 is 0 Å². The van der Waals surface area contributed by atoms with Crippen molar-refractivity contribution in [1.29, 1.82) is 0 Å². The Morgan fingerprint density at radius 1 is 0.350 bits per heavy atom. The summed E-state index contributed by atoms with van der Waals surface area (Å²) in [5.74, 6) is 0. The lowest BCUT2D eigenvalue weighted by molar-refractivity contribution is 0.558. The van der Waals surface area contributed by atoms with Crippen molar-refractivity contribution in [2.24, 2.45) is 0 Å². The van der Waals surface area contributed by atoms with Gasteiger partial charge >= 0.3 is 0 Å². The summed E-state index contributed by atoms with van der Waals surface area (Å²) in [7, 11) is 0. The lowest BCUT2D eigenvalue weighted by Crippen LogP contribution is -1.87. The minimum atomic E-state index is 0.841. The highest BCUT2D eigenvalue weighted by Crippen LogP contribution is 2.39. The molecule has 0 aliphatic carbocycles. The summed E-state index contributed by atoms with van der Waals surface area (Å²) >= 11 is 0. The van der Waals surface area contributed by atoms with Crippen LogP contribution in [0.15, 0.2) is 143 Å². The number of nitrogens with zero attached hydrogens (tertiary/aromatic N) is 2. The number of oxazole rings is 2. The monoisotopic (exact) mass is 514 g/mol. The lowest BCUT2D eigenvalue weighted by atomic mass is 9.90. The van der Waals surface area contributed by atoms with Gasteiger partial charge in [0.05, 0.1) is 0 Å². The van der Waals surface area contributed by atoms with Crippen LogP contribution in [0.25, 0.3) is 77.1 Å². The molecule has 8 rings (SSSR count). The van der Waals surface area contributed by atoms with Gasteiger partial charge in [-0.05, 0) is 66.7 Å². The van der Waals surface area contributed by atoms with Gasteiger partial charge in [-0.15, -0.1) is 0 Å².